The van der Waals surface area contributed by atoms with Gasteiger partial charge in [-0.1, -0.05) is 12.1 Å². The van der Waals surface area contributed by atoms with Gasteiger partial charge < -0.3 is 10.6 Å². The summed E-state index contributed by atoms with van der Waals surface area (Å²) < 4.78 is 0. The van der Waals surface area contributed by atoms with E-state index < -0.39 is 0 Å². The van der Waals surface area contributed by atoms with Crippen LogP contribution in [0.15, 0.2) is 18.2 Å². The van der Waals surface area contributed by atoms with Gasteiger partial charge >= 0.3 is 0 Å². The number of nitrogens with two attached hydrogens (primary N) is 1. The van der Waals surface area contributed by atoms with E-state index in [0.717, 1.165) is 25.9 Å². The zero-order valence-electron chi connectivity index (χ0n) is 9.50. The van der Waals surface area contributed by atoms with E-state index in [9.17, 15) is 0 Å². The van der Waals surface area contributed by atoms with Gasteiger partial charge in [0.25, 0.3) is 0 Å². The maximum Gasteiger partial charge on any atom is 0.0399 e. The molecule has 1 aromatic rings. The fraction of sp³-hybridized carbons (Fsp3) is 0.538. The molecule has 0 saturated carbocycles. The van der Waals surface area contributed by atoms with Crippen molar-refractivity contribution in [3.05, 3.63) is 29.3 Å². The summed E-state index contributed by atoms with van der Waals surface area (Å²) in [4.78, 5) is 2.45. The van der Waals surface area contributed by atoms with Crippen LogP contribution in [0.25, 0.3) is 0 Å². The number of likely N-dealkylation sites (N-methyl/N-ethyl adjacent to an activating group) is 1. The van der Waals surface area contributed by atoms with Crippen LogP contribution in [-0.4, -0.2) is 19.6 Å². The minimum atomic E-state index is 0.790. The van der Waals surface area contributed by atoms with Gasteiger partial charge in [0, 0.05) is 18.8 Å². The van der Waals surface area contributed by atoms with E-state index in [0.29, 0.717) is 0 Å². The molecule has 2 nitrogen and oxygen atoms in total. The highest BCUT2D eigenvalue weighted by Crippen LogP contribution is 2.28. The van der Waals surface area contributed by atoms with Crippen molar-refractivity contribution in [2.24, 2.45) is 5.73 Å². The van der Waals surface area contributed by atoms with Crippen LogP contribution in [0.1, 0.15) is 24.5 Å². The molecule has 2 rings (SSSR count). The van der Waals surface area contributed by atoms with E-state index in [2.05, 4.69) is 30.0 Å². The standard InChI is InChI=1S/C13H20N2/c1-2-15-9-7-12-10-11(4-3-8-14)5-6-13(12)15/h5-6,10H,2-4,7-9,14H2,1H3. The predicted molar refractivity (Wildman–Crippen MR) is 65.4 cm³/mol. The minimum absolute atomic E-state index is 0.790. The van der Waals surface area contributed by atoms with Crippen LogP contribution in [0.2, 0.25) is 0 Å². The topological polar surface area (TPSA) is 29.3 Å². The molecule has 15 heavy (non-hydrogen) atoms. The third-order valence-electron chi connectivity index (χ3n) is 3.19. The predicted octanol–water partition coefficient (Wildman–Crippen LogP) is 1.96. The summed E-state index contributed by atoms with van der Waals surface area (Å²) in [6.45, 7) is 5.32. The molecule has 0 unspecified atom stereocenters. The van der Waals surface area contributed by atoms with Gasteiger partial charge in [0.2, 0.25) is 0 Å². The molecule has 0 bridgehead atoms. The molecule has 0 saturated heterocycles. The van der Waals surface area contributed by atoms with Crippen LogP contribution < -0.4 is 10.6 Å². The first-order valence-corrected chi connectivity index (χ1v) is 5.92. The highest BCUT2D eigenvalue weighted by Gasteiger charge is 2.17. The first kappa shape index (κ1) is 10.5. The van der Waals surface area contributed by atoms with Gasteiger partial charge in [0.05, 0.1) is 0 Å². The number of hydrogen-bond acceptors (Lipinski definition) is 2. The molecule has 0 aliphatic carbocycles. The van der Waals surface area contributed by atoms with Crippen molar-refractivity contribution in [2.75, 3.05) is 24.5 Å². The van der Waals surface area contributed by atoms with Crippen LogP contribution in [0.4, 0.5) is 5.69 Å². The fourth-order valence-corrected chi connectivity index (χ4v) is 2.31. The number of rotatable bonds is 4. The molecular weight excluding hydrogens is 184 g/mol. The normalized spacial score (nSPS) is 14.4. The van der Waals surface area contributed by atoms with Gasteiger partial charge in [0.1, 0.15) is 0 Å². The Labute approximate surface area is 92.1 Å². The number of fused-ring (bicyclic) bond motifs is 1. The molecule has 1 heterocycles. The summed E-state index contributed by atoms with van der Waals surface area (Å²) in [5, 5.41) is 0. The second-order valence-corrected chi connectivity index (χ2v) is 4.18. The molecule has 1 aromatic carbocycles. The molecule has 1 aliphatic heterocycles. The molecule has 1 aliphatic rings. The Morgan fingerprint density at radius 1 is 1.40 bits per heavy atom. The van der Waals surface area contributed by atoms with Crippen molar-refractivity contribution in [2.45, 2.75) is 26.2 Å². The number of anilines is 1. The minimum Gasteiger partial charge on any atom is -0.371 e. The lowest BCUT2D eigenvalue weighted by Gasteiger charge is -2.16. The summed E-state index contributed by atoms with van der Waals surface area (Å²) in [7, 11) is 0. The zero-order valence-corrected chi connectivity index (χ0v) is 9.50. The van der Waals surface area contributed by atoms with Gasteiger partial charge in [-0.25, -0.2) is 0 Å². The van der Waals surface area contributed by atoms with E-state index in [-0.39, 0.29) is 0 Å². The second-order valence-electron chi connectivity index (χ2n) is 4.18. The van der Waals surface area contributed by atoms with Crippen LogP contribution in [0, 0.1) is 0 Å². The van der Waals surface area contributed by atoms with Crippen LogP contribution >= 0.6 is 0 Å². The lowest BCUT2D eigenvalue weighted by molar-refractivity contribution is 0.831. The summed E-state index contributed by atoms with van der Waals surface area (Å²) in [5.74, 6) is 0. The summed E-state index contributed by atoms with van der Waals surface area (Å²) in [5.41, 5.74) is 9.92. The molecule has 2 heteroatoms. The van der Waals surface area contributed by atoms with Crippen molar-refractivity contribution in [1.29, 1.82) is 0 Å². The molecule has 0 aromatic heterocycles. The Balaban J connectivity index is 2.14. The van der Waals surface area contributed by atoms with Gasteiger partial charge in [-0.2, -0.15) is 0 Å². The molecule has 2 N–H and O–H groups in total. The molecule has 0 atom stereocenters. The Bertz CT molecular complexity index is 333. The molecule has 0 fully saturated rings. The largest absolute Gasteiger partial charge is 0.371 e. The summed E-state index contributed by atoms with van der Waals surface area (Å²) >= 11 is 0. The van der Waals surface area contributed by atoms with Crippen molar-refractivity contribution in [1.82, 2.24) is 0 Å². The van der Waals surface area contributed by atoms with E-state index in [1.165, 1.54) is 29.8 Å². The van der Waals surface area contributed by atoms with Gasteiger partial charge in [-0.15, -0.1) is 0 Å². The van der Waals surface area contributed by atoms with Crippen LogP contribution in [0.5, 0.6) is 0 Å². The number of hydrogen-bond donors (Lipinski definition) is 1. The van der Waals surface area contributed by atoms with E-state index in [1.54, 1.807) is 0 Å². The highest BCUT2D eigenvalue weighted by molar-refractivity contribution is 5.59. The average molecular weight is 204 g/mol. The maximum absolute atomic E-state index is 5.52. The van der Waals surface area contributed by atoms with Crippen LogP contribution in [0.3, 0.4) is 0 Å². The third kappa shape index (κ3) is 2.15. The van der Waals surface area contributed by atoms with Crippen molar-refractivity contribution >= 4 is 5.69 Å². The lowest BCUT2D eigenvalue weighted by Crippen LogP contribution is -2.18. The van der Waals surface area contributed by atoms with E-state index in [1.807, 2.05) is 0 Å². The quantitative estimate of drug-likeness (QED) is 0.812. The average Bonchev–Trinajstić information content (AvgIpc) is 2.68. The molecule has 0 amide bonds. The van der Waals surface area contributed by atoms with Crippen molar-refractivity contribution in [3.8, 4) is 0 Å². The zero-order chi connectivity index (χ0) is 10.7. The number of aryl methyl sites for hydroxylation is 1. The number of nitrogens with zero attached hydrogens (tertiary/aromatic N) is 1. The monoisotopic (exact) mass is 204 g/mol. The molecule has 82 valence electrons. The van der Waals surface area contributed by atoms with Crippen LogP contribution in [-0.2, 0) is 12.8 Å². The smallest absolute Gasteiger partial charge is 0.0399 e. The summed E-state index contributed by atoms with van der Waals surface area (Å²) in [6.07, 6.45) is 3.42. The number of benzene rings is 1. The molecular formula is C13H20N2. The Kier molecular flexibility index (Phi) is 3.27. The highest BCUT2D eigenvalue weighted by atomic mass is 15.1. The van der Waals surface area contributed by atoms with Gasteiger partial charge in [-0.3, -0.25) is 0 Å². The lowest BCUT2D eigenvalue weighted by atomic mass is 10.0. The van der Waals surface area contributed by atoms with Gasteiger partial charge in [0.15, 0.2) is 0 Å². The first-order chi connectivity index (χ1) is 7.35. The third-order valence-corrected chi connectivity index (χ3v) is 3.19. The molecule has 0 spiro atoms. The SMILES string of the molecule is CCN1CCc2cc(CCCN)ccc21. The second kappa shape index (κ2) is 4.67. The Hall–Kier alpha value is -1.02. The Morgan fingerprint density at radius 2 is 2.27 bits per heavy atom. The van der Waals surface area contributed by atoms with Crippen molar-refractivity contribution in [3.63, 3.8) is 0 Å². The molecule has 0 radical (unpaired) electrons. The van der Waals surface area contributed by atoms with Crippen molar-refractivity contribution < 1.29 is 0 Å². The first-order valence-electron chi connectivity index (χ1n) is 5.92. The summed E-state index contributed by atoms with van der Waals surface area (Å²) in [6, 6.07) is 6.89. The van der Waals surface area contributed by atoms with Gasteiger partial charge in [-0.05, 0) is 49.9 Å². The maximum atomic E-state index is 5.52. The van der Waals surface area contributed by atoms with E-state index >= 15 is 0 Å². The van der Waals surface area contributed by atoms with E-state index in [4.69, 9.17) is 5.73 Å². The Morgan fingerprint density at radius 3 is 3.00 bits per heavy atom. The fourth-order valence-electron chi connectivity index (χ4n) is 2.31.